The highest BCUT2D eigenvalue weighted by molar-refractivity contribution is 5.94. The van der Waals surface area contributed by atoms with Crippen LogP contribution in [0, 0.1) is 0 Å². The molecule has 1 heterocycles. The van der Waals surface area contributed by atoms with E-state index < -0.39 is 0 Å². The monoisotopic (exact) mass is 278 g/mol. The lowest BCUT2D eigenvalue weighted by atomic mass is 10.2. The van der Waals surface area contributed by atoms with Gasteiger partial charge in [0.25, 0.3) is 5.91 Å². The SMILES string of the molecule is CCN(CC)C(C)CNC(=O)c1ccc2c(c1)OCO2. The number of likely N-dealkylation sites (N-methyl/N-ethyl adjacent to an activating group) is 1. The van der Waals surface area contributed by atoms with Crippen LogP contribution in [-0.4, -0.2) is 43.3 Å². The van der Waals surface area contributed by atoms with Crippen molar-refractivity contribution in [1.82, 2.24) is 10.2 Å². The van der Waals surface area contributed by atoms with Gasteiger partial charge in [-0.2, -0.15) is 0 Å². The van der Waals surface area contributed by atoms with Crippen LogP contribution in [0.1, 0.15) is 31.1 Å². The first-order valence-corrected chi connectivity index (χ1v) is 7.07. The van der Waals surface area contributed by atoms with E-state index in [9.17, 15) is 4.79 Å². The summed E-state index contributed by atoms with van der Waals surface area (Å²) in [6.07, 6.45) is 0. The zero-order chi connectivity index (χ0) is 14.5. The van der Waals surface area contributed by atoms with Crippen molar-refractivity contribution in [3.8, 4) is 11.5 Å². The van der Waals surface area contributed by atoms with Crippen molar-refractivity contribution in [2.75, 3.05) is 26.4 Å². The minimum absolute atomic E-state index is 0.0812. The van der Waals surface area contributed by atoms with Crippen LogP contribution in [0.15, 0.2) is 18.2 Å². The molecule has 110 valence electrons. The van der Waals surface area contributed by atoms with E-state index in [1.165, 1.54) is 0 Å². The molecule has 1 aliphatic rings. The number of ether oxygens (including phenoxy) is 2. The molecule has 0 radical (unpaired) electrons. The zero-order valence-electron chi connectivity index (χ0n) is 12.3. The van der Waals surface area contributed by atoms with Gasteiger partial charge in [-0.3, -0.25) is 9.69 Å². The van der Waals surface area contributed by atoms with Gasteiger partial charge in [-0.25, -0.2) is 0 Å². The van der Waals surface area contributed by atoms with Crippen LogP contribution in [0.5, 0.6) is 11.5 Å². The highest BCUT2D eigenvalue weighted by Crippen LogP contribution is 2.32. The number of amides is 1. The second-order valence-electron chi connectivity index (χ2n) is 4.85. The molecular formula is C15H22N2O3. The minimum atomic E-state index is -0.0812. The number of nitrogens with one attached hydrogen (secondary N) is 1. The smallest absolute Gasteiger partial charge is 0.251 e. The van der Waals surface area contributed by atoms with E-state index in [4.69, 9.17) is 9.47 Å². The molecule has 0 aliphatic carbocycles. The number of carbonyl (C=O) groups excluding carboxylic acids is 1. The number of hydrogen-bond acceptors (Lipinski definition) is 4. The summed E-state index contributed by atoms with van der Waals surface area (Å²) in [6, 6.07) is 5.57. The normalized spacial score (nSPS) is 14.4. The Morgan fingerprint density at radius 1 is 1.30 bits per heavy atom. The number of hydrogen-bond donors (Lipinski definition) is 1. The van der Waals surface area contributed by atoms with Gasteiger partial charge in [0.1, 0.15) is 0 Å². The van der Waals surface area contributed by atoms with Crippen molar-refractivity contribution >= 4 is 5.91 Å². The maximum atomic E-state index is 12.1. The van der Waals surface area contributed by atoms with Crippen molar-refractivity contribution in [2.24, 2.45) is 0 Å². The van der Waals surface area contributed by atoms with Gasteiger partial charge >= 0.3 is 0 Å². The molecule has 1 atom stereocenters. The van der Waals surface area contributed by atoms with Gasteiger partial charge in [0, 0.05) is 18.2 Å². The summed E-state index contributed by atoms with van der Waals surface area (Å²) in [6.45, 7) is 9.19. The standard InChI is InChI=1S/C15H22N2O3/c1-4-17(5-2)11(3)9-16-15(18)12-6-7-13-14(8-12)20-10-19-13/h6-8,11H,4-5,9-10H2,1-3H3,(H,16,18). The Bertz CT molecular complexity index is 472. The van der Waals surface area contributed by atoms with Gasteiger partial charge in [-0.15, -0.1) is 0 Å². The molecule has 1 aromatic rings. The lowest BCUT2D eigenvalue weighted by Crippen LogP contribution is -2.41. The maximum absolute atomic E-state index is 12.1. The summed E-state index contributed by atoms with van der Waals surface area (Å²) in [4.78, 5) is 14.4. The van der Waals surface area contributed by atoms with Crippen LogP contribution in [0.4, 0.5) is 0 Å². The van der Waals surface area contributed by atoms with Crippen LogP contribution >= 0.6 is 0 Å². The fourth-order valence-electron chi connectivity index (χ4n) is 2.36. The fraction of sp³-hybridized carbons (Fsp3) is 0.533. The number of rotatable bonds is 6. The molecule has 5 heteroatoms. The van der Waals surface area contributed by atoms with Crippen molar-refractivity contribution in [1.29, 1.82) is 0 Å². The maximum Gasteiger partial charge on any atom is 0.251 e. The van der Waals surface area contributed by atoms with Gasteiger partial charge in [-0.05, 0) is 38.2 Å². The first-order chi connectivity index (χ1) is 9.65. The topological polar surface area (TPSA) is 50.8 Å². The minimum Gasteiger partial charge on any atom is -0.454 e. The molecule has 2 rings (SSSR count). The van der Waals surface area contributed by atoms with Gasteiger partial charge in [0.2, 0.25) is 6.79 Å². The largest absolute Gasteiger partial charge is 0.454 e. The van der Waals surface area contributed by atoms with Crippen LogP contribution in [0.25, 0.3) is 0 Å². The quantitative estimate of drug-likeness (QED) is 0.863. The predicted molar refractivity (Wildman–Crippen MR) is 77.3 cm³/mol. The molecule has 0 saturated heterocycles. The second kappa shape index (κ2) is 6.61. The van der Waals surface area contributed by atoms with E-state index in [1.54, 1.807) is 18.2 Å². The van der Waals surface area contributed by atoms with Crippen LogP contribution in [0.3, 0.4) is 0 Å². The summed E-state index contributed by atoms with van der Waals surface area (Å²) in [5.74, 6) is 1.25. The third-order valence-corrected chi connectivity index (χ3v) is 3.63. The molecule has 1 aliphatic heterocycles. The van der Waals surface area contributed by atoms with E-state index in [0.29, 0.717) is 29.6 Å². The number of carbonyl (C=O) groups is 1. The van der Waals surface area contributed by atoms with Crippen molar-refractivity contribution in [3.05, 3.63) is 23.8 Å². The Morgan fingerprint density at radius 2 is 2.00 bits per heavy atom. The third-order valence-electron chi connectivity index (χ3n) is 3.63. The highest BCUT2D eigenvalue weighted by Gasteiger charge is 2.17. The average Bonchev–Trinajstić information content (AvgIpc) is 2.93. The van der Waals surface area contributed by atoms with Crippen LogP contribution < -0.4 is 14.8 Å². The van der Waals surface area contributed by atoms with E-state index in [-0.39, 0.29) is 12.7 Å². The molecule has 1 unspecified atom stereocenters. The summed E-state index contributed by atoms with van der Waals surface area (Å²) >= 11 is 0. The molecule has 1 aromatic carbocycles. The first-order valence-electron chi connectivity index (χ1n) is 7.07. The highest BCUT2D eigenvalue weighted by atomic mass is 16.7. The van der Waals surface area contributed by atoms with Gasteiger partial charge in [0.15, 0.2) is 11.5 Å². The molecule has 5 nitrogen and oxygen atoms in total. The van der Waals surface area contributed by atoms with Gasteiger partial charge < -0.3 is 14.8 Å². The summed E-state index contributed by atoms with van der Waals surface area (Å²) in [5, 5.41) is 2.96. The van der Waals surface area contributed by atoms with Gasteiger partial charge in [0.05, 0.1) is 0 Å². The molecule has 1 N–H and O–H groups in total. The summed E-state index contributed by atoms with van der Waals surface area (Å²) < 4.78 is 10.5. The third kappa shape index (κ3) is 3.22. The van der Waals surface area contributed by atoms with E-state index in [0.717, 1.165) is 13.1 Å². The summed E-state index contributed by atoms with van der Waals surface area (Å²) in [5.41, 5.74) is 0.598. The second-order valence-corrected chi connectivity index (χ2v) is 4.85. The number of nitrogens with zero attached hydrogens (tertiary/aromatic N) is 1. The molecule has 0 fully saturated rings. The van der Waals surface area contributed by atoms with Gasteiger partial charge in [-0.1, -0.05) is 13.8 Å². The Morgan fingerprint density at radius 3 is 2.70 bits per heavy atom. The van der Waals surface area contributed by atoms with E-state index >= 15 is 0 Å². The first kappa shape index (κ1) is 14.7. The lowest BCUT2D eigenvalue weighted by Gasteiger charge is -2.26. The van der Waals surface area contributed by atoms with Crippen molar-refractivity contribution in [3.63, 3.8) is 0 Å². The Kier molecular flexibility index (Phi) is 4.84. The molecule has 1 amide bonds. The fourth-order valence-corrected chi connectivity index (χ4v) is 2.36. The molecule has 0 spiro atoms. The van der Waals surface area contributed by atoms with E-state index in [1.807, 2.05) is 0 Å². The molecule has 0 aromatic heterocycles. The lowest BCUT2D eigenvalue weighted by molar-refractivity contribution is 0.0937. The molecular weight excluding hydrogens is 256 g/mol. The average molecular weight is 278 g/mol. The molecule has 0 saturated carbocycles. The van der Waals surface area contributed by atoms with E-state index in [2.05, 4.69) is 31.0 Å². The van der Waals surface area contributed by atoms with Crippen LogP contribution in [-0.2, 0) is 0 Å². The Labute approximate surface area is 119 Å². The van der Waals surface area contributed by atoms with Crippen LogP contribution in [0.2, 0.25) is 0 Å². The van der Waals surface area contributed by atoms with Crippen molar-refractivity contribution < 1.29 is 14.3 Å². The number of fused-ring (bicyclic) bond motifs is 1. The molecule has 20 heavy (non-hydrogen) atoms. The van der Waals surface area contributed by atoms with Crippen molar-refractivity contribution in [2.45, 2.75) is 26.8 Å². The number of benzene rings is 1. The Balaban J connectivity index is 1.92. The zero-order valence-corrected chi connectivity index (χ0v) is 12.3. The summed E-state index contributed by atoms with van der Waals surface area (Å²) in [7, 11) is 0. The predicted octanol–water partition coefficient (Wildman–Crippen LogP) is 1.88. The molecule has 0 bridgehead atoms. The Hall–Kier alpha value is -1.75.